The topological polar surface area (TPSA) is 24.5 Å². The Hall–Kier alpha value is -1.06. The maximum atomic E-state index is 5.32. The van der Waals surface area contributed by atoms with E-state index in [1.807, 2.05) is 6.07 Å². The Kier molecular flexibility index (Phi) is 5.86. The molecule has 0 aromatic heterocycles. The Bertz CT molecular complexity index is 400. The second kappa shape index (κ2) is 7.65. The van der Waals surface area contributed by atoms with Gasteiger partial charge < -0.3 is 10.1 Å². The lowest BCUT2D eigenvalue weighted by atomic mass is 9.98. The van der Waals surface area contributed by atoms with Gasteiger partial charge in [-0.25, -0.2) is 0 Å². The predicted molar refractivity (Wildman–Crippen MR) is 84.1 cm³/mol. The molecule has 1 N–H and O–H groups in total. The van der Waals surface area contributed by atoms with Crippen LogP contribution in [0.2, 0.25) is 0 Å². The first-order chi connectivity index (χ1) is 9.69. The van der Waals surface area contributed by atoms with Crippen molar-refractivity contribution >= 4 is 0 Å². The van der Waals surface area contributed by atoms with Gasteiger partial charge in [0.2, 0.25) is 0 Å². The smallest absolute Gasteiger partial charge is 0.119 e. The van der Waals surface area contributed by atoms with E-state index in [1.54, 1.807) is 7.11 Å². The molecular weight excluding hydrogens is 248 g/mol. The van der Waals surface area contributed by atoms with Crippen molar-refractivity contribution in [3.05, 3.63) is 29.8 Å². The average molecular weight is 276 g/mol. The van der Waals surface area contributed by atoms with Gasteiger partial charge in [0, 0.05) is 19.1 Å². The fraction of sp³-hybridized carbons (Fsp3) is 0.647. The van der Waals surface area contributed by atoms with Crippen molar-refractivity contribution in [2.75, 3.05) is 26.7 Å². The quantitative estimate of drug-likeness (QED) is 0.864. The fourth-order valence-electron chi connectivity index (χ4n) is 2.87. The number of hydrogen-bond donors (Lipinski definition) is 1. The molecule has 1 heterocycles. The molecule has 1 unspecified atom stereocenters. The maximum Gasteiger partial charge on any atom is 0.119 e. The average Bonchev–Trinajstić information content (AvgIpc) is 2.48. The van der Waals surface area contributed by atoms with Gasteiger partial charge in [-0.1, -0.05) is 12.1 Å². The van der Waals surface area contributed by atoms with E-state index in [2.05, 4.69) is 42.3 Å². The van der Waals surface area contributed by atoms with Crippen molar-refractivity contribution in [3.63, 3.8) is 0 Å². The zero-order valence-electron chi connectivity index (χ0n) is 13.1. The zero-order chi connectivity index (χ0) is 14.4. The van der Waals surface area contributed by atoms with Crippen molar-refractivity contribution in [2.45, 2.75) is 39.3 Å². The molecule has 0 aliphatic carbocycles. The standard InChI is InChI=1S/C17H28N2O/c1-14(2)19(13-16-7-5-9-18-11-16)12-15-6-4-8-17(10-15)20-3/h4,6,8,10,14,16,18H,5,7,9,11-13H2,1-3H3. The van der Waals surface area contributed by atoms with Crippen LogP contribution in [-0.4, -0.2) is 37.7 Å². The highest BCUT2D eigenvalue weighted by Gasteiger charge is 2.19. The first-order valence-electron chi connectivity index (χ1n) is 7.76. The minimum Gasteiger partial charge on any atom is -0.497 e. The van der Waals surface area contributed by atoms with E-state index in [0.29, 0.717) is 6.04 Å². The van der Waals surface area contributed by atoms with Gasteiger partial charge >= 0.3 is 0 Å². The maximum absolute atomic E-state index is 5.32. The number of hydrogen-bond acceptors (Lipinski definition) is 3. The van der Waals surface area contributed by atoms with Gasteiger partial charge in [0.1, 0.15) is 5.75 Å². The van der Waals surface area contributed by atoms with Crippen LogP contribution in [-0.2, 0) is 6.54 Å². The van der Waals surface area contributed by atoms with Crippen LogP contribution >= 0.6 is 0 Å². The van der Waals surface area contributed by atoms with Crippen molar-refractivity contribution in [2.24, 2.45) is 5.92 Å². The van der Waals surface area contributed by atoms with Crippen molar-refractivity contribution in [1.29, 1.82) is 0 Å². The molecule has 1 atom stereocenters. The zero-order valence-corrected chi connectivity index (χ0v) is 13.1. The molecule has 1 fully saturated rings. The molecule has 0 amide bonds. The number of nitrogens with one attached hydrogen (secondary N) is 1. The summed E-state index contributed by atoms with van der Waals surface area (Å²) in [6, 6.07) is 9.00. The molecule has 1 aromatic rings. The lowest BCUT2D eigenvalue weighted by Crippen LogP contribution is -2.40. The van der Waals surface area contributed by atoms with Crippen LogP contribution in [0.5, 0.6) is 5.75 Å². The summed E-state index contributed by atoms with van der Waals surface area (Å²) in [4.78, 5) is 2.58. The van der Waals surface area contributed by atoms with E-state index in [9.17, 15) is 0 Å². The monoisotopic (exact) mass is 276 g/mol. The summed E-state index contributed by atoms with van der Waals surface area (Å²) in [5.74, 6) is 1.74. The summed E-state index contributed by atoms with van der Waals surface area (Å²) < 4.78 is 5.32. The molecule has 0 bridgehead atoms. The molecular formula is C17H28N2O. The van der Waals surface area contributed by atoms with Gasteiger partial charge in [-0.2, -0.15) is 0 Å². The normalized spacial score (nSPS) is 19.6. The van der Waals surface area contributed by atoms with Gasteiger partial charge in [-0.15, -0.1) is 0 Å². The van der Waals surface area contributed by atoms with Gasteiger partial charge in [0.25, 0.3) is 0 Å². The van der Waals surface area contributed by atoms with Crippen LogP contribution in [0.4, 0.5) is 0 Å². The number of ether oxygens (including phenoxy) is 1. The second-order valence-electron chi connectivity index (χ2n) is 6.09. The number of methoxy groups -OCH3 is 1. The van der Waals surface area contributed by atoms with Gasteiger partial charge in [0.15, 0.2) is 0 Å². The second-order valence-corrected chi connectivity index (χ2v) is 6.09. The van der Waals surface area contributed by atoms with Gasteiger partial charge in [0.05, 0.1) is 7.11 Å². The number of rotatable bonds is 6. The number of benzene rings is 1. The molecule has 3 heteroatoms. The molecule has 0 radical (unpaired) electrons. The largest absolute Gasteiger partial charge is 0.497 e. The van der Waals surface area contributed by atoms with Crippen molar-refractivity contribution in [1.82, 2.24) is 10.2 Å². The molecule has 2 rings (SSSR count). The van der Waals surface area contributed by atoms with Crippen LogP contribution in [0.3, 0.4) is 0 Å². The lowest BCUT2D eigenvalue weighted by Gasteiger charge is -2.33. The highest BCUT2D eigenvalue weighted by molar-refractivity contribution is 5.28. The summed E-state index contributed by atoms with van der Waals surface area (Å²) in [5, 5.41) is 3.51. The summed E-state index contributed by atoms with van der Waals surface area (Å²) in [6.07, 6.45) is 2.67. The van der Waals surface area contributed by atoms with Crippen LogP contribution < -0.4 is 10.1 Å². The van der Waals surface area contributed by atoms with E-state index in [1.165, 1.54) is 38.0 Å². The third-order valence-electron chi connectivity index (χ3n) is 4.14. The highest BCUT2D eigenvalue weighted by atomic mass is 16.5. The van der Waals surface area contributed by atoms with Crippen molar-refractivity contribution in [3.8, 4) is 5.75 Å². The van der Waals surface area contributed by atoms with E-state index >= 15 is 0 Å². The third kappa shape index (κ3) is 4.50. The molecule has 0 spiro atoms. The lowest BCUT2D eigenvalue weighted by molar-refractivity contribution is 0.164. The highest BCUT2D eigenvalue weighted by Crippen LogP contribution is 2.18. The van der Waals surface area contributed by atoms with Gasteiger partial charge in [-0.3, -0.25) is 4.90 Å². The Labute approximate surface area is 123 Å². The van der Waals surface area contributed by atoms with Crippen LogP contribution in [0.25, 0.3) is 0 Å². The minimum absolute atomic E-state index is 0.572. The molecule has 20 heavy (non-hydrogen) atoms. The number of nitrogens with zero attached hydrogens (tertiary/aromatic N) is 1. The molecule has 1 saturated heterocycles. The number of piperidine rings is 1. The van der Waals surface area contributed by atoms with E-state index in [0.717, 1.165) is 18.2 Å². The van der Waals surface area contributed by atoms with E-state index in [4.69, 9.17) is 4.74 Å². The third-order valence-corrected chi connectivity index (χ3v) is 4.14. The van der Waals surface area contributed by atoms with Crippen LogP contribution in [0, 0.1) is 5.92 Å². The fourth-order valence-corrected chi connectivity index (χ4v) is 2.87. The molecule has 1 aliphatic rings. The van der Waals surface area contributed by atoms with Crippen LogP contribution in [0.15, 0.2) is 24.3 Å². The summed E-state index contributed by atoms with van der Waals surface area (Å²) in [6.45, 7) is 9.12. The first-order valence-corrected chi connectivity index (χ1v) is 7.76. The molecule has 3 nitrogen and oxygen atoms in total. The summed E-state index contributed by atoms with van der Waals surface area (Å²) in [5.41, 5.74) is 1.34. The summed E-state index contributed by atoms with van der Waals surface area (Å²) in [7, 11) is 1.73. The summed E-state index contributed by atoms with van der Waals surface area (Å²) >= 11 is 0. The Balaban J connectivity index is 1.97. The molecule has 1 aromatic carbocycles. The van der Waals surface area contributed by atoms with Gasteiger partial charge in [-0.05, 0) is 63.4 Å². The minimum atomic E-state index is 0.572. The van der Waals surface area contributed by atoms with E-state index in [-0.39, 0.29) is 0 Å². The first kappa shape index (κ1) is 15.3. The molecule has 0 saturated carbocycles. The van der Waals surface area contributed by atoms with E-state index < -0.39 is 0 Å². The predicted octanol–water partition coefficient (Wildman–Crippen LogP) is 2.91. The Morgan fingerprint density at radius 3 is 2.90 bits per heavy atom. The Morgan fingerprint density at radius 1 is 1.40 bits per heavy atom. The Morgan fingerprint density at radius 2 is 2.25 bits per heavy atom. The molecule has 112 valence electrons. The van der Waals surface area contributed by atoms with Crippen LogP contribution in [0.1, 0.15) is 32.3 Å². The molecule has 1 aliphatic heterocycles. The van der Waals surface area contributed by atoms with Crippen molar-refractivity contribution < 1.29 is 4.74 Å². The SMILES string of the molecule is COc1cccc(CN(CC2CCCNC2)C(C)C)c1.